The number of carbonyl (C=O) groups excluding carboxylic acids is 1. The van der Waals surface area contributed by atoms with E-state index in [2.05, 4.69) is 15.4 Å². The van der Waals surface area contributed by atoms with Gasteiger partial charge in [-0.3, -0.25) is 4.79 Å². The molecule has 2 heterocycles. The lowest BCUT2D eigenvalue weighted by Gasteiger charge is -2.05. The summed E-state index contributed by atoms with van der Waals surface area (Å²) in [5.41, 5.74) is 11.3. The van der Waals surface area contributed by atoms with E-state index >= 15 is 0 Å². The Bertz CT molecular complexity index is 1540. The highest BCUT2D eigenvalue weighted by Crippen LogP contribution is 2.29. The van der Waals surface area contributed by atoms with Crippen LogP contribution in [0.4, 0.5) is 11.5 Å². The second-order valence-corrected chi connectivity index (χ2v) is 7.96. The largest absolute Gasteiger partial charge is 0.383 e. The van der Waals surface area contributed by atoms with E-state index in [0.717, 1.165) is 11.1 Å². The maximum absolute atomic E-state index is 13.3. The average molecular weight is 455 g/mol. The first kappa shape index (κ1) is 20.7. The van der Waals surface area contributed by atoms with Crippen molar-refractivity contribution in [2.45, 2.75) is 6.92 Å². The Labute approximate surface area is 194 Å². The molecule has 7 nitrogen and oxygen atoms in total. The third-order valence-electron chi connectivity index (χ3n) is 5.30. The molecule has 0 bridgehead atoms. The third-order valence-corrected chi connectivity index (χ3v) is 5.56. The van der Waals surface area contributed by atoms with Crippen LogP contribution in [-0.2, 0) is 0 Å². The maximum atomic E-state index is 13.3. The second-order valence-electron chi connectivity index (χ2n) is 7.52. The molecule has 0 spiro atoms. The van der Waals surface area contributed by atoms with Gasteiger partial charge in [-0.2, -0.15) is 9.78 Å². The van der Waals surface area contributed by atoms with Crippen molar-refractivity contribution in [3.05, 3.63) is 94.5 Å². The van der Waals surface area contributed by atoms with Gasteiger partial charge in [0, 0.05) is 10.7 Å². The van der Waals surface area contributed by atoms with Crippen LogP contribution in [0.25, 0.3) is 22.2 Å². The summed E-state index contributed by atoms with van der Waals surface area (Å²) >= 11 is 5.95. The van der Waals surface area contributed by atoms with Crippen molar-refractivity contribution in [3.63, 3.8) is 0 Å². The van der Waals surface area contributed by atoms with Gasteiger partial charge in [-0.25, -0.2) is 9.97 Å². The van der Waals surface area contributed by atoms with Gasteiger partial charge < -0.3 is 11.1 Å². The maximum Gasteiger partial charge on any atom is 0.261 e. The summed E-state index contributed by atoms with van der Waals surface area (Å²) in [6, 6.07) is 22.1. The number of nitrogens with one attached hydrogen (secondary N) is 1. The van der Waals surface area contributed by atoms with Crippen molar-refractivity contribution in [3.8, 4) is 0 Å². The van der Waals surface area contributed by atoms with Gasteiger partial charge in [0.25, 0.3) is 5.91 Å². The minimum Gasteiger partial charge on any atom is -0.383 e. The van der Waals surface area contributed by atoms with Crippen molar-refractivity contribution in [2.75, 3.05) is 11.1 Å². The molecule has 0 radical (unpaired) electrons. The SMILES string of the molecule is Cc1ccccc1/C=N/n1c(N)c(C(=O)Nc2ccc(Cl)cc2)c2nc3ccccc3nc21. The molecule has 1 amide bonds. The van der Waals surface area contributed by atoms with Gasteiger partial charge in [0.05, 0.1) is 17.2 Å². The number of nitrogens with two attached hydrogens (primary N) is 1. The molecule has 0 atom stereocenters. The number of benzene rings is 3. The highest BCUT2D eigenvalue weighted by Gasteiger charge is 2.24. The van der Waals surface area contributed by atoms with Crippen LogP contribution < -0.4 is 11.1 Å². The lowest BCUT2D eigenvalue weighted by Crippen LogP contribution is -2.14. The van der Waals surface area contributed by atoms with Gasteiger partial charge in [-0.05, 0) is 54.4 Å². The van der Waals surface area contributed by atoms with E-state index in [1.54, 1.807) is 30.5 Å². The fraction of sp³-hybridized carbons (Fsp3) is 0.0400. The van der Waals surface area contributed by atoms with E-state index in [4.69, 9.17) is 22.3 Å². The zero-order valence-corrected chi connectivity index (χ0v) is 18.4. The Morgan fingerprint density at radius 1 is 1.00 bits per heavy atom. The molecule has 0 aliphatic rings. The van der Waals surface area contributed by atoms with Crippen LogP contribution >= 0.6 is 11.6 Å². The lowest BCUT2D eigenvalue weighted by atomic mass is 10.1. The molecule has 0 aliphatic heterocycles. The summed E-state index contributed by atoms with van der Waals surface area (Å²) < 4.78 is 1.46. The fourth-order valence-corrected chi connectivity index (χ4v) is 3.69. The Hall–Kier alpha value is -4.23. The molecule has 0 unspecified atom stereocenters. The highest BCUT2D eigenvalue weighted by atomic mass is 35.5. The first-order valence-electron chi connectivity index (χ1n) is 10.2. The van der Waals surface area contributed by atoms with Crippen LogP contribution in [0.5, 0.6) is 0 Å². The number of hydrogen-bond donors (Lipinski definition) is 2. The van der Waals surface area contributed by atoms with E-state index in [1.807, 2.05) is 55.5 Å². The predicted octanol–water partition coefficient (Wildman–Crippen LogP) is 5.26. The average Bonchev–Trinajstić information content (AvgIpc) is 3.08. The van der Waals surface area contributed by atoms with Gasteiger partial charge >= 0.3 is 0 Å². The summed E-state index contributed by atoms with van der Waals surface area (Å²) in [5.74, 6) is -0.258. The summed E-state index contributed by atoms with van der Waals surface area (Å²) in [5, 5.41) is 7.99. The van der Waals surface area contributed by atoms with Crippen LogP contribution in [0.2, 0.25) is 5.02 Å². The minimum atomic E-state index is -0.408. The number of hydrogen-bond acceptors (Lipinski definition) is 5. The number of rotatable bonds is 4. The van der Waals surface area contributed by atoms with Crippen LogP contribution in [0.3, 0.4) is 0 Å². The Morgan fingerprint density at radius 3 is 2.39 bits per heavy atom. The normalized spacial score (nSPS) is 11.5. The Kier molecular flexibility index (Phi) is 5.24. The van der Waals surface area contributed by atoms with Crippen molar-refractivity contribution >= 4 is 57.4 Å². The topological polar surface area (TPSA) is 98.2 Å². The number of nitrogen functional groups attached to an aromatic ring is 1. The number of nitrogens with zero attached hydrogens (tertiary/aromatic N) is 4. The van der Waals surface area contributed by atoms with Crippen LogP contribution in [0.15, 0.2) is 77.9 Å². The van der Waals surface area contributed by atoms with Gasteiger partial charge in [0.1, 0.15) is 16.9 Å². The predicted molar refractivity (Wildman–Crippen MR) is 133 cm³/mol. The number of carbonyl (C=O) groups is 1. The molecule has 3 aromatic carbocycles. The van der Waals surface area contributed by atoms with E-state index in [1.165, 1.54) is 4.68 Å². The Balaban J connectivity index is 1.67. The Morgan fingerprint density at radius 2 is 1.67 bits per heavy atom. The molecule has 2 aromatic heterocycles. The van der Waals surface area contributed by atoms with Crippen molar-refractivity contribution in [1.29, 1.82) is 0 Å². The zero-order chi connectivity index (χ0) is 22.9. The van der Waals surface area contributed by atoms with E-state index in [0.29, 0.717) is 32.9 Å². The number of amides is 1. The minimum absolute atomic E-state index is 0.150. The van der Waals surface area contributed by atoms with Crippen molar-refractivity contribution in [2.24, 2.45) is 5.10 Å². The van der Waals surface area contributed by atoms with Crippen LogP contribution in [0, 0.1) is 6.92 Å². The number of para-hydroxylation sites is 2. The summed E-state index contributed by atoms with van der Waals surface area (Å²) in [6.45, 7) is 2.00. The highest BCUT2D eigenvalue weighted by molar-refractivity contribution is 6.30. The summed E-state index contributed by atoms with van der Waals surface area (Å²) in [7, 11) is 0. The molecule has 5 rings (SSSR count). The van der Waals surface area contributed by atoms with Gasteiger partial charge in [0.2, 0.25) is 0 Å². The molecule has 33 heavy (non-hydrogen) atoms. The monoisotopic (exact) mass is 454 g/mol. The molecule has 0 saturated heterocycles. The van der Waals surface area contributed by atoms with Crippen molar-refractivity contribution < 1.29 is 4.79 Å². The van der Waals surface area contributed by atoms with Gasteiger partial charge in [0.15, 0.2) is 5.65 Å². The molecular weight excluding hydrogens is 436 g/mol. The molecule has 162 valence electrons. The van der Waals surface area contributed by atoms with Crippen LogP contribution in [0.1, 0.15) is 21.5 Å². The van der Waals surface area contributed by atoms with Gasteiger partial charge in [-0.15, -0.1) is 0 Å². The number of halogens is 1. The first-order chi connectivity index (χ1) is 16.0. The number of fused-ring (bicyclic) bond motifs is 2. The molecule has 0 aliphatic carbocycles. The molecule has 3 N–H and O–H groups in total. The standard InChI is InChI=1S/C25H19ClN6O/c1-15-6-2-3-7-16(15)14-28-32-23(27)21(25(33)29-18-12-10-17(26)11-13-18)22-24(32)31-20-9-5-4-8-19(20)30-22/h2-14H,27H2,1H3,(H,29,33)/b28-14+. The number of aryl methyl sites for hydroxylation is 1. The van der Waals surface area contributed by atoms with Crippen molar-refractivity contribution in [1.82, 2.24) is 14.6 Å². The second kappa shape index (κ2) is 8.37. The number of aromatic nitrogens is 3. The van der Waals surface area contributed by atoms with E-state index < -0.39 is 5.91 Å². The first-order valence-corrected chi connectivity index (χ1v) is 10.6. The molecule has 0 saturated carbocycles. The zero-order valence-electron chi connectivity index (χ0n) is 17.7. The molecule has 8 heteroatoms. The smallest absolute Gasteiger partial charge is 0.261 e. The fourth-order valence-electron chi connectivity index (χ4n) is 3.57. The quantitative estimate of drug-likeness (QED) is 0.362. The molecule has 5 aromatic rings. The van der Waals surface area contributed by atoms with Crippen LogP contribution in [-0.4, -0.2) is 26.8 Å². The summed E-state index contributed by atoms with van der Waals surface area (Å²) in [4.78, 5) is 22.6. The molecule has 0 fully saturated rings. The molecular formula is C25H19ClN6O. The van der Waals surface area contributed by atoms with Gasteiger partial charge in [-0.1, -0.05) is 48.0 Å². The number of anilines is 2. The lowest BCUT2D eigenvalue weighted by molar-refractivity contribution is 0.102. The van der Waals surface area contributed by atoms with E-state index in [9.17, 15) is 4.79 Å². The third kappa shape index (κ3) is 3.90. The summed E-state index contributed by atoms with van der Waals surface area (Å²) in [6.07, 6.45) is 1.70. The van der Waals surface area contributed by atoms with E-state index in [-0.39, 0.29) is 11.4 Å².